The molecule has 4 N–H and O–H groups in total. The Morgan fingerprint density at radius 3 is 1.88 bits per heavy atom. The van der Waals surface area contributed by atoms with E-state index in [1.165, 1.54) is 30.0 Å². The molecule has 12 nitrogen and oxygen atoms in total. The first-order chi connectivity index (χ1) is 27.2. The lowest BCUT2D eigenvalue weighted by Gasteiger charge is -2.36. The number of nitrogens with one attached hydrogen (secondary N) is 4. The molecule has 1 aliphatic heterocycles. The number of aliphatic imine (C=N–C) groups is 1. The fraction of sp³-hybridized carbons (Fsp3) is 0.622. The molecule has 0 aromatic carbocycles. The van der Waals surface area contributed by atoms with Gasteiger partial charge in [-0.2, -0.15) is 0 Å². The Bertz CT molecular complexity index is 1340. The van der Waals surface area contributed by atoms with E-state index >= 15 is 0 Å². The number of rotatable bonds is 17. The van der Waals surface area contributed by atoms with Crippen LogP contribution in [0.4, 0.5) is 0 Å². The lowest BCUT2D eigenvalue weighted by atomic mass is 9.80. The monoisotopic (exact) mass is 799 g/mol. The summed E-state index contributed by atoms with van der Waals surface area (Å²) in [6.45, 7) is 30.4. The van der Waals surface area contributed by atoms with Gasteiger partial charge in [0.1, 0.15) is 17.8 Å². The first-order valence-electron chi connectivity index (χ1n) is 20.9. The highest BCUT2D eigenvalue weighted by Crippen LogP contribution is 2.31. The highest BCUT2D eigenvalue weighted by molar-refractivity contribution is 6.43. The highest BCUT2D eigenvalue weighted by Gasteiger charge is 2.43. The molecular weight excluding hydrogens is 721 g/mol. The average Bonchev–Trinajstić information content (AvgIpc) is 3.69. The third-order valence-corrected chi connectivity index (χ3v) is 8.49. The Morgan fingerprint density at radius 2 is 1.42 bits per heavy atom. The molecule has 0 aromatic heterocycles. The van der Waals surface area contributed by atoms with Crippen LogP contribution in [-0.2, 0) is 28.8 Å². The standard InChI is InChI=1S/C30H46N6O6.C7H10.C4H10.2C2H6/c1-7-15-32-20(8-2)26(39)33-18-23(37)35-25(30(4,5)6)29(42)36-16-11-14-22(36)27(40)34-21(17-19-12-10-13-19)24(38)28(41)31-9-3;1-3-5-7-6-4-2;1-3-4-2;2*1-2/h7-8,15,19,21-22,25H,2,9-14,16-18H2,1,3-6H3,(H,31,41)(H,33,39)(H,34,40)(H,35,37);3-7H,1H2,2H3;3-4H2,1-2H3;2*1-2H3/b15-7-,32-20?;6-4-,7-5-;;;. The Balaban J connectivity index is -0.00000166. The van der Waals surface area contributed by atoms with E-state index in [0.29, 0.717) is 32.4 Å². The lowest BCUT2D eigenvalue weighted by molar-refractivity contribution is -0.145. The molecule has 57 heavy (non-hydrogen) atoms. The smallest absolute Gasteiger partial charge is 0.289 e. The van der Waals surface area contributed by atoms with Crippen molar-refractivity contribution in [2.45, 2.75) is 153 Å². The summed E-state index contributed by atoms with van der Waals surface area (Å²) in [6, 6.07) is -2.80. The summed E-state index contributed by atoms with van der Waals surface area (Å²) in [6.07, 6.45) is 20.8. The molecule has 12 heteroatoms. The van der Waals surface area contributed by atoms with Crippen LogP contribution >= 0.6 is 0 Å². The van der Waals surface area contributed by atoms with Crippen LogP contribution < -0.4 is 21.3 Å². The van der Waals surface area contributed by atoms with E-state index in [-0.39, 0.29) is 11.6 Å². The SMILES string of the molecule is C=C/C=C\C=C/C.C=CC(=N/C=C\C)C(=O)NCC(=O)NC(C(=O)N1CCCC1C(=O)NC(CC1CCC1)C(=O)C(=O)NCC)C(C)(C)C.CC.CC.CCCC. The average molecular weight is 799 g/mol. The molecule has 0 spiro atoms. The molecule has 2 fully saturated rings. The van der Waals surface area contributed by atoms with Crippen LogP contribution in [0.15, 0.2) is 66.9 Å². The van der Waals surface area contributed by atoms with E-state index in [0.717, 1.165) is 19.3 Å². The number of unbranched alkanes of at least 4 members (excludes halogenated alkanes) is 1. The normalized spacial score (nSPS) is 16.0. The van der Waals surface area contributed by atoms with Crippen molar-refractivity contribution in [3.63, 3.8) is 0 Å². The number of allylic oxidation sites excluding steroid dienone is 6. The number of carbonyl (C=O) groups is 6. The van der Waals surface area contributed by atoms with Crippen LogP contribution in [0.2, 0.25) is 0 Å². The zero-order chi connectivity index (χ0) is 44.4. The first-order valence-corrected chi connectivity index (χ1v) is 20.9. The second kappa shape index (κ2) is 34.6. The third kappa shape index (κ3) is 23.9. The molecule has 2 aliphatic rings. The van der Waals surface area contributed by atoms with Crippen molar-refractivity contribution >= 4 is 41.0 Å². The molecule has 1 aliphatic carbocycles. The van der Waals surface area contributed by atoms with Gasteiger partial charge in [-0.25, -0.2) is 0 Å². The van der Waals surface area contributed by atoms with Crippen LogP contribution in [0.1, 0.15) is 134 Å². The van der Waals surface area contributed by atoms with E-state index < -0.39 is 65.4 Å². The van der Waals surface area contributed by atoms with Gasteiger partial charge in [-0.05, 0) is 57.4 Å². The van der Waals surface area contributed by atoms with E-state index in [2.05, 4.69) is 53.3 Å². The van der Waals surface area contributed by atoms with Gasteiger partial charge >= 0.3 is 0 Å². The molecule has 3 atom stereocenters. The summed E-state index contributed by atoms with van der Waals surface area (Å²) in [7, 11) is 0. The van der Waals surface area contributed by atoms with Gasteiger partial charge in [0.25, 0.3) is 11.8 Å². The Hall–Kier alpha value is -4.61. The Kier molecular flexibility index (Phi) is 34.5. The highest BCUT2D eigenvalue weighted by atomic mass is 16.2. The van der Waals surface area contributed by atoms with Crippen molar-refractivity contribution in [1.29, 1.82) is 0 Å². The Labute approximate surface area is 345 Å². The predicted molar refractivity (Wildman–Crippen MR) is 237 cm³/mol. The van der Waals surface area contributed by atoms with Crippen LogP contribution in [0.3, 0.4) is 0 Å². The van der Waals surface area contributed by atoms with Crippen LogP contribution in [-0.4, -0.2) is 83.7 Å². The molecule has 3 unspecified atom stereocenters. The number of amides is 5. The zero-order valence-electron chi connectivity index (χ0n) is 37.5. The second-order valence-corrected chi connectivity index (χ2v) is 13.9. The molecule has 5 amide bonds. The van der Waals surface area contributed by atoms with Gasteiger partial charge in [-0.1, -0.05) is 144 Å². The van der Waals surface area contributed by atoms with Crippen molar-refractivity contribution < 1.29 is 28.8 Å². The second-order valence-electron chi connectivity index (χ2n) is 13.9. The van der Waals surface area contributed by atoms with Gasteiger partial charge in [0, 0.05) is 19.3 Å². The van der Waals surface area contributed by atoms with Crippen molar-refractivity contribution in [2.75, 3.05) is 19.6 Å². The minimum Gasteiger partial charge on any atom is -0.350 e. The molecule has 0 aromatic rings. The topological polar surface area (TPSA) is 166 Å². The van der Waals surface area contributed by atoms with E-state index in [1.54, 1.807) is 46.8 Å². The number of hydrogen-bond donors (Lipinski definition) is 4. The minimum atomic E-state index is -0.992. The van der Waals surface area contributed by atoms with Gasteiger partial charge in [0.15, 0.2) is 0 Å². The van der Waals surface area contributed by atoms with Gasteiger partial charge in [-0.3, -0.25) is 33.8 Å². The first kappa shape index (κ1) is 56.7. The molecule has 324 valence electrons. The summed E-state index contributed by atoms with van der Waals surface area (Å²) >= 11 is 0. The summed E-state index contributed by atoms with van der Waals surface area (Å²) < 4.78 is 0. The number of Topliss-reactive ketones (excluding diaryl/α,β-unsaturated/α-hetero) is 1. The van der Waals surface area contributed by atoms with Crippen molar-refractivity contribution in [2.24, 2.45) is 16.3 Å². The minimum absolute atomic E-state index is 0.0385. The quantitative estimate of drug-likeness (QED) is 0.0684. The maximum atomic E-state index is 13.8. The molecule has 0 radical (unpaired) electrons. The predicted octanol–water partition coefficient (Wildman–Crippen LogP) is 7.33. The number of carbonyl (C=O) groups excluding carboxylic acids is 6. The lowest BCUT2D eigenvalue weighted by Crippen LogP contribution is -2.59. The maximum Gasteiger partial charge on any atom is 0.289 e. The fourth-order valence-corrected chi connectivity index (χ4v) is 5.16. The van der Waals surface area contributed by atoms with Crippen LogP contribution in [0, 0.1) is 11.3 Å². The van der Waals surface area contributed by atoms with Crippen molar-refractivity contribution in [1.82, 2.24) is 26.2 Å². The van der Waals surface area contributed by atoms with E-state index in [9.17, 15) is 28.8 Å². The molecule has 1 heterocycles. The van der Waals surface area contributed by atoms with E-state index in [1.807, 2.05) is 58.9 Å². The number of likely N-dealkylation sites (N-methyl/N-ethyl adjacent to an activating group) is 1. The largest absolute Gasteiger partial charge is 0.350 e. The molecule has 0 bridgehead atoms. The summed E-state index contributed by atoms with van der Waals surface area (Å²) in [5, 5.41) is 10.5. The zero-order valence-corrected chi connectivity index (χ0v) is 37.5. The van der Waals surface area contributed by atoms with E-state index in [4.69, 9.17) is 0 Å². The van der Waals surface area contributed by atoms with Gasteiger partial charge in [0.05, 0.1) is 12.6 Å². The maximum absolute atomic E-state index is 13.8. The Morgan fingerprint density at radius 1 is 0.807 bits per heavy atom. The molecule has 1 saturated heterocycles. The fourth-order valence-electron chi connectivity index (χ4n) is 5.16. The van der Waals surface area contributed by atoms with Gasteiger partial charge < -0.3 is 26.2 Å². The number of hydrogen-bond acceptors (Lipinski definition) is 7. The van der Waals surface area contributed by atoms with Crippen molar-refractivity contribution in [3.8, 4) is 0 Å². The van der Waals surface area contributed by atoms with Crippen LogP contribution in [0.5, 0.6) is 0 Å². The molecule has 1 saturated carbocycles. The van der Waals surface area contributed by atoms with Gasteiger partial charge in [-0.15, -0.1) is 0 Å². The summed E-state index contributed by atoms with van der Waals surface area (Å²) in [5.74, 6) is -3.28. The van der Waals surface area contributed by atoms with Crippen molar-refractivity contribution in [3.05, 3.63) is 61.9 Å². The number of nitrogens with zero attached hydrogens (tertiary/aromatic N) is 2. The number of ketones is 1. The van der Waals surface area contributed by atoms with Gasteiger partial charge in [0.2, 0.25) is 23.5 Å². The molecule has 2 rings (SSSR count). The number of likely N-dealkylation sites (tertiary alicyclic amines) is 1. The third-order valence-electron chi connectivity index (χ3n) is 8.49. The summed E-state index contributed by atoms with van der Waals surface area (Å²) in [5.41, 5.74) is -0.683. The summed E-state index contributed by atoms with van der Waals surface area (Å²) in [4.78, 5) is 82.9. The molecular formula is C45H78N6O6. The van der Waals surface area contributed by atoms with Crippen LogP contribution in [0.25, 0.3) is 0 Å².